The number of rotatable bonds is 2. The van der Waals surface area contributed by atoms with Crippen molar-refractivity contribution in [1.82, 2.24) is 0 Å². The van der Waals surface area contributed by atoms with Crippen LogP contribution in [0.3, 0.4) is 0 Å². The molecule has 3 nitrogen and oxygen atoms in total. The minimum absolute atomic E-state index is 0.155. The molecular weight excluding hydrogens is 476 g/mol. The Morgan fingerprint density at radius 1 is 0.846 bits per heavy atom. The van der Waals surface area contributed by atoms with Gasteiger partial charge in [-0.15, -0.1) is 0 Å². The monoisotopic (exact) mass is 530 g/mol. The van der Waals surface area contributed by atoms with Crippen molar-refractivity contribution in [3.63, 3.8) is 0 Å². The van der Waals surface area contributed by atoms with Crippen LogP contribution in [-0.4, -0.2) is 11.9 Å². The van der Waals surface area contributed by atoms with Crippen molar-refractivity contribution in [1.29, 1.82) is 0 Å². The van der Waals surface area contributed by atoms with Crippen molar-refractivity contribution in [2.75, 3.05) is 5.32 Å². The number of nitrogens with one attached hydrogen (secondary N) is 1. The molecule has 6 rings (SSSR count). The molecule has 0 bridgehead atoms. The molecule has 0 aliphatic heterocycles. The highest BCUT2D eigenvalue weighted by molar-refractivity contribution is 5.96. The molecule has 4 saturated carbocycles. The van der Waals surface area contributed by atoms with Crippen LogP contribution in [0.2, 0.25) is 0 Å². The number of carbonyl (C=O) groups excluding carboxylic acids is 1. The SMILES string of the molecule is CC1(C)CC[C@]2(C(=O)Nc3ccccc3)CC[C@]3(C)C(=CC[C@@H]4[C@@]5(C)CC[C@H](N)C(C)(C)[C@@H]5CC[C@]43C)[C@H]2C1. The second-order valence-electron chi connectivity index (χ2n) is 16.7. The van der Waals surface area contributed by atoms with Gasteiger partial charge < -0.3 is 11.1 Å². The largest absolute Gasteiger partial charge is 0.327 e. The molecular formula is C36H54N2O. The first-order valence-electron chi connectivity index (χ1n) is 16.0. The number of benzene rings is 1. The summed E-state index contributed by atoms with van der Waals surface area (Å²) in [6, 6.07) is 10.4. The summed E-state index contributed by atoms with van der Waals surface area (Å²) in [5, 5.41) is 3.38. The zero-order chi connectivity index (χ0) is 28.1. The Kier molecular flexibility index (Phi) is 6.14. The Balaban J connectivity index is 1.40. The third-order valence-corrected chi connectivity index (χ3v) is 14.2. The van der Waals surface area contributed by atoms with Crippen LogP contribution in [-0.2, 0) is 4.79 Å². The molecule has 3 heteroatoms. The fourth-order valence-electron chi connectivity index (χ4n) is 11.5. The van der Waals surface area contributed by atoms with Crippen LogP contribution in [0.15, 0.2) is 42.0 Å². The second kappa shape index (κ2) is 8.70. The standard InChI is InChI=1S/C36H54N2O/c1-31(2)19-21-36(30(39)38-24-11-9-8-10-12-24)22-20-34(6)25(26(36)23-31)13-14-28-33(5)17-16-29(37)32(3,4)27(33)15-18-35(28,34)7/h8-13,26-29H,14-23,37H2,1-7H3,(H,38,39)/t26-,27+,28-,29+,33+,34-,35-,36+/m1/s1. The molecule has 3 N–H and O–H groups in total. The van der Waals surface area contributed by atoms with Crippen LogP contribution in [0.5, 0.6) is 0 Å². The van der Waals surface area contributed by atoms with Gasteiger partial charge in [0.2, 0.25) is 5.91 Å². The number of para-hydroxylation sites is 1. The summed E-state index contributed by atoms with van der Waals surface area (Å²) in [5.74, 6) is 1.98. The van der Waals surface area contributed by atoms with E-state index in [1.54, 1.807) is 5.57 Å². The first-order chi connectivity index (χ1) is 18.2. The van der Waals surface area contributed by atoms with E-state index in [1.807, 2.05) is 30.3 Å². The van der Waals surface area contributed by atoms with E-state index < -0.39 is 0 Å². The van der Waals surface area contributed by atoms with E-state index in [4.69, 9.17) is 5.73 Å². The van der Waals surface area contributed by atoms with Crippen molar-refractivity contribution < 1.29 is 4.79 Å². The van der Waals surface area contributed by atoms with Gasteiger partial charge in [-0.2, -0.15) is 0 Å². The van der Waals surface area contributed by atoms with Gasteiger partial charge in [-0.25, -0.2) is 0 Å². The topological polar surface area (TPSA) is 55.1 Å². The van der Waals surface area contributed by atoms with Crippen LogP contribution < -0.4 is 11.1 Å². The minimum Gasteiger partial charge on any atom is -0.327 e. The summed E-state index contributed by atoms with van der Waals surface area (Å²) in [6.07, 6.45) is 14.3. The quantitative estimate of drug-likeness (QED) is 0.376. The molecule has 4 fully saturated rings. The average molecular weight is 531 g/mol. The average Bonchev–Trinajstić information content (AvgIpc) is 2.87. The van der Waals surface area contributed by atoms with E-state index in [0.717, 1.165) is 44.2 Å². The van der Waals surface area contributed by atoms with Crippen molar-refractivity contribution in [2.24, 2.45) is 56.0 Å². The van der Waals surface area contributed by atoms with Crippen molar-refractivity contribution in [3.8, 4) is 0 Å². The summed E-state index contributed by atoms with van der Waals surface area (Å²) >= 11 is 0. The fraction of sp³-hybridized carbons (Fsp3) is 0.750. The van der Waals surface area contributed by atoms with Crippen molar-refractivity contribution in [3.05, 3.63) is 42.0 Å². The summed E-state index contributed by atoms with van der Waals surface area (Å²) in [5.41, 5.74) is 10.3. The van der Waals surface area contributed by atoms with E-state index >= 15 is 0 Å². The molecule has 1 amide bonds. The Bertz CT molecular complexity index is 1170. The first kappa shape index (κ1) is 27.6. The number of hydrogen-bond donors (Lipinski definition) is 2. The summed E-state index contributed by atoms with van der Waals surface area (Å²) in [7, 11) is 0. The molecule has 5 aliphatic carbocycles. The molecule has 0 spiro atoms. The highest BCUT2D eigenvalue weighted by Crippen LogP contribution is 2.75. The van der Waals surface area contributed by atoms with Crippen molar-refractivity contribution in [2.45, 2.75) is 119 Å². The molecule has 0 aromatic heterocycles. The van der Waals surface area contributed by atoms with E-state index in [9.17, 15) is 4.79 Å². The maximum atomic E-state index is 14.3. The number of anilines is 1. The van der Waals surface area contributed by atoms with Gasteiger partial charge in [-0.1, -0.05) is 78.3 Å². The van der Waals surface area contributed by atoms with Gasteiger partial charge in [0.05, 0.1) is 5.41 Å². The fourth-order valence-corrected chi connectivity index (χ4v) is 11.5. The lowest BCUT2D eigenvalue weighted by atomic mass is 9.33. The van der Waals surface area contributed by atoms with E-state index in [1.165, 1.54) is 25.7 Å². The molecule has 214 valence electrons. The van der Waals surface area contributed by atoms with E-state index in [2.05, 4.69) is 59.9 Å². The zero-order valence-corrected chi connectivity index (χ0v) is 25.8. The summed E-state index contributed by atoms with van der Waals surface area (Å²) in [4.78, 5) is 14.3. The second-order valence-corrected chi connectivity index (χ2v) is 16.7. The Hall–Kier alpha value is -1.61. The van der Waals surface area contributed by atoms with Gasteiger partial charge in [0, 0.05) is 11.7 Å². The third-order valence-electron chi connectivity index (χ3n) is 14.2. The van der Waals surface area contributed by atoms with Crippen LogP contribution >= 0.6 is 0 Å². The lowest BCUT2D eigenvalue weighted by Gasteiger charge is -2.71. The maximum Gasteiger partial charge on any atom is 0.231 e. The molecule has 8 atom stereocenters. The molecule has 0 unspecified atom stereocenters. The highest BCUT2D eigenvalue weighted by atomic mass is 16.2. The summed E-state index contributed by atoms with van der Waals surface area (Å²) in [6.45, 7) is 17.7. The number of fused-ring (bicyclic) bond motifs is 7. The smallest absolute Gasteiger partial charge is 0.231 e. The van der Waals surface area contributed by atoms with Gasteiger partial charge in [-0.05, 0) is 121 Å². The molecule has 0 radical (unpaired) electrons. The number of carbonyl (C=O) groups is 1. The Morgan fingerprint density at radius 3 is 2.26 bits per heavy atom. The van der Waals surface area contributed by atoms with Gasteiger partial charge in [0.15, 0.2) is 0 Å². The van der Waals surface area contributed by atoms with Gasteiger partial charge in [-0.3, -0.25) is 4.79 Å². The van der Waals surface area contributed by atoms with Gasteiger partial charge in [0.1, 0.15) is 0 Å². The normalized spacial score (nSPS) is 46.0. The van der Waals surface area contributed by atoms with Crippen LogP contribution in [0.25, 0.3) is 0 Å². The van der Waals surface area contributed by atoms with Gasteiger partial charge in [0.25, 0.3) is 0 Å². The molecule has 39 heavy (non-hydrogen) atoms. The van der Waals surface area contributed by atoms with Crippen LogP contribution in [0, 0.1) is 50.2 Å². The van der Waals surface area contributed by atoms with Crippen molar-refractivity contribution >= 4 is 11.6 Å². The molecule has 0 heterocycles. The molecule has 0 saturated heterocycles. The molecule has 1 aromatic carbocycles. The van der Waals surface area contributed by atoms with Gasteiger partial charge >= 0.3 is 0 Å². The molecule has 5 aliphatic rings. The highest BCUT2D eigenvalue weighted by Gasteiger charge is 2.69. The first-order valence-corrected chi connectivity index (χ1v) is 16.0. The van der Waals surface area contributed by atoms with E-state index in [-0.39, 0.29) is 33.0 Å². The zero-order valence-electron chi connectivity index (χ0n) is 25.8. The minimum atomic E-state index is -0.291. The summed E-state index contributed by atoms with van der Waals surface area (Å²) < 4.78 is 0. The number of amides is 1. The predicted octanol–water partition coefficient (Wildman–Crippen LogP) is 8.75. The number of hydrogen-bond acceptors (Lipinski definition) is 2. The van der Waals surface area contributed by atoms with Crippen LogP contribution in [0.1, 0.15) is 113 Å². The lowest BCUT2D eigenvalue weighted by molar-refractivity contribution is -0.185. The Morgan fingerprint density at radius 2 is 1.54 bits per heavy atom. The Labute approximate surface area is 238 Å². The number of nitrogens with two attached hydrogens (primary N) is 1. The predicted molar refractivity (Wildman–Crippen MR) is 162 cm³/mol. The lowest BCUT2D eigenvalue weighted by Crippen LogP contribution is -2.66. The van der Waals surface area contributed by atoms with Crippen LogP contribution in [0.4, 0.5) is 5.69 Å². The molecule has 1 aromatic rings. The number of allylic oxidation sites excluding steroid dienone is 2. The third kappa shape index (κ3) is 3.73. The van der Waals surface area contributed by atoms with E-state index in [0.29, 0.717) is 29.2 Å². The maximum absolute atomic E-state index is 14.3.